The van der Waals surface area contributed by atoms with Gasteiger partial charge in [0.15, 0.2) is 0 Å². The summed E-state index contributed by atoms with van der Waals surface area (Å²) in [6, 6.07) is 4.18. The topological polar surface area (TPSA) is 29.1 Å². The molecule has 0 aliphatic heterocycles. The highest BCUT2D eigenvalue weighted by Gasteiger charge is 2.56. The van der Waals surface area contributed by atoms with E-state index >= 15 is 0 Å². The van der Waals surface area contributed by atoms with Crippen molar-refractivity contribution < 1.29 is 9.18 Å². The molecule has 1 saturated carbocycles. The lowest BCUT2D eigenvalue weighted by molar-refractivity contribution is -0.117. The van der Waals surface area contributed by atoms with Gasteiger partial charge in [-0.15, -0.1) is 23.2 Å². The molecule has 1 fully saturated rings. The molecule has 0 spiro atoms. The Balaban J connectivity index is 2.07. The highest BCUT2D eigenvalue weighted by atomic mass is 35.5. The Hall–Kier alpha value is -0.800. The van der Waals surface area contributed by atoms with Crippen molar-refractivity contribution in [3.8, 4) is 0 Å². The zero-order chi connectivity index (χ0) is 11.9. The molecule has 1 aromatic carbocycles. The Kier molecular flexibility index (Phi) is 2.84. The lowest BCUT2D eigenvalue weighted by atomic mass is 10.2. The molecular weight excluding hydrogens is 252 g/mol. The minimum atomic E-state index is -0.933. The summed E-state index contributed by atoms with van der Waals surface area (Å²) in [4.78, 5) is 11.7. The van der Waals surface area contributed by atoms with Crippen LogP contribution in [0.4, 0.5) is 10.1 Å². The van der Waals surface area contributed by atoms with E-state index in [0.29, 0.717) is 17.7 Å². The number of carbonyl (C=O) groups is 1. The van der Waals surface area contributed by atoms with E-state index in [0.717, 1.165) is 0 Å². The monoisotopic (exact) mass is 261 g/mol. The van der Waals surface area contributed by atoms with Crippen LogP contribution in [0, 0.1) is 18.7 Å². The van der Waals surface area contributed by atoms with E-state index in [9.17, 15) is 9.18 Å². The maximum atomic E-state index is 12.8. The van der Waals surface area contributed by atoms with Crippen LogP contribution >= 0.6 is 23.2 Å². The molecule has 1 aromatic rings. The Morgan fingerprint density at radius 2 is 2.19 bits per heavy atom. The number of alkyl halides is 2. The fourth-order valence-corrected chi connectivity index (χ4v) is 1.99. The van der Waals surface area contributed by atoms with Gasteiger partial charge < -0.3 is 5.32 Å². The van der Waals surface area contributed by atoms with Crippen molar-refractivity contribution in [3.05, 3.63) is 29.6 Å². The SMILES string of the molecule is Cc1cc(F)ccc1NC(=O)C1CC1(Cl)Cl. The maximum Gasteiger partial charge on any atom is 0.230 e. The largest absolute Gasteiger partial charge is 0.326 e. The average molecular weight is 262 g/mol. The molecule has 0 aromatic heterocycles. The summed E-state index contributed by atoms with van der Waals surface area (Å²) in [7, 11) is 0. The third-order valence-electron chi connectivity index (χ3n) is 2.59. The van der Waals surface area contributed by atoms with Gasteiger partial charge in [0.1, 0.15) is 10.2 Å². The van der Waals surface area contributed by atoms with Crippen molar-refractivity contribution in [2.45, 2.75) is 17.7 Å². The van der Waals surface area contributed by atoms with Crippen LogP contribution in [0.15, 0.2) is 18.2 Å². The van der Waals surface area contributed by atoms with Crippen LogP contribution in [0.5, 0.6) is 0 Å². The third-order valence-corrected chi connectivity index (χ3v) is 3.42. The Labute approximate surface area is 103 Å². The number of benzene rings is 1. The van der Waals surface area contributed by atoms with Crippen molar-refractivity contribution in [1.29, 1.82) is 0 Å². The first-order valence-electron chi connectivity index (χ1n) is 4.85. The molecular formula is C11H10Cl2FNO. The number of halogens is 3. The lowest BCUT2D eigenvalue weighted by Crippen LogP contribution is -2.17. The molecule has 2 nitrogen and oxygen atoms in total. The van der Waals surface area contributed by atoms with Crippen molar-refractivity contribution in [2.75, 3.05) is 5.32 Å². The van der Waals surface area contributed by atoms with Crippen LogP contribution < -0.4 is 5.32 Å². The van der Waals surface area contributed by atoms with Crippen molar-refractivity contribution >= 4 is 34.8 Å². The summed E-state index contributed by atoms with van der Waals surface area (Å²) < 4.78 is 11.9. The molecule has 86 valence electrons. The lowest BCUT2D eigenvalue weighted by Gasteiger charge is -2.08. The van der Waals surface area contributed by atoms with Gasteiger partial charge in [-0.1, -0.05) is 0 Å². The summed E-state index contributed by atoms with van der Waals surface area (Å²) in [5.74, 6) is -0.925. The fourth-order valence-electron chi connectivity index (χ4n) is 1.48. The Morgan fingerprint density at radius 3 is 2.69 bits per heavy atom. The summed E-state index contributed by atoms with van der Waals surface area (Å²) in [5.41, 5.74) is 1.26. The molecule has 0 saturated heterocycles. The highest BCUT2D eigenvalue weighted by molar-refractivity contribution is 6.52. The fraction of sp³-hybridized carbons (Fsp3) is 0.364. The van der Waals surface area contributed by atoms with E-state index in [1.165, 1.54) is 18.2 Å². The van der Waals surface area contributed by atoms with Crippen LogP contribution in [0.2, 0.25) is 0 Å². The van der Waals surface area contributed by atoms with Gasteiger partial charge in [0.25, 0.3) is 0 Å². The Bertz CT molecular complexity index is 448. The predicted octanol–water partition coefficient (Wildman–Crippen LogP) is 3.27. The van der Waals surface area contributed by atoms with Gasteiger partial charge in [0.05, 0.1) is 5.92 Å². The van der Waals surface area contributed by atoms with Crippen LogP contribution in [-0.2, 0) is 4.79 Å². The number of hydrogen-bond acceptors (Lipinski definition) is 1. The molecule has 1 atom stereocenters. The second kappa shape index (κ2) is 3.90. The molecule has 0 bridgehead atoms. The third kappa shape index (κ3) is 2.30. The van der Waals surface area contributed by atoms with Crippen molar-refractivity contribution in [3.63, 3.8) is 0 Å². The van der Waals surface area contributed by atoms with Gasteiger partial charge in [-0.25, -0.2) is 4.39 Å². The van der Waals surface area contributed by atoms with Gasteiger partial charge in [-0.3, -0.25) is 4.79 Å². The summed E-state index contributed by atoms with van der Waals surface area (Å²) in [5, 5.41) is 2.68. The van der Waals surface area contributed by atoms with Crippen LogP contribution in [0.3, 0.4) is 0 Å². The smallest absolute Gasteiger partial charge is 0.230 e. The minimum absolute atomic E-state index is 0.222. The van der Waals surface area contributed by atoms with E-state index in [2.05, 4.69) is 5.32 Å². The number of rotatable bonds is 2. The van der Waals surface area contributed by atoms with Crippen LogP contribution in [0.1, 0.15) is 12.0 Å². The molecule has 1 aliphatic rings. The zero-order valence-corrected chi connectivity index (χ0v) is 10.1. The normalized spacial score (nSPS) is 21.6. The first-order chi connectivity index (χ1) is 7.40. The molecule has 1 aliphatic carbocycles. The Morgan fingerprint density at radius 1 is 1.56 bits per heavy atom. The van der Waals surface area contributed by atoms with Crippen molar-refractivity contribution in [1.82, 2.24) is 0 Å². The average Bonchev–Trinajstić information content (AvgIpc) is 2.80. The molecule has 0 heterocycles. The van der Waals surface area contributed by atoms with Gasteiger partial charge in [-0.05, 0) is 37.1 Å². The summed E-state index contributed by atoms with van der Waals surface area (Å²) >= 11 is 11.6. The van der Waals surface area contributed by atoms with E-state index in [1.54, 1.807) is 6.92 Å². The van der Waals surface area contributed by atoms with Crippen molar-refractivity contribution in [2.24, 2.45) is 5.92 Å². The van der Waals surface area contributed by atoms with Crippen LogP contribution in [-0.4, -0.2) is 10.2 Å². The number of amides is 1. The maximum absolute atomic E-state index is 12.8. The number of anilines is 1. The van der Waals surface area contributed by atoms with Gasteiger partial charge in [-0.2, -0.15) is 0 Å². The standard InChI is InChI=1S/C11H10Cl2FNO/c1-6-4-7(14)2-3-9(6)15-10(16)8-5-11(8,12)13/h2-4,8H,5H2,1H3,(H,15,16). The van der Waals surface area contributed by atoms with Crippen LogP contribution in [0.25, 0.3) is 0 Å². The zero-order valence-electron chi connectivity index (χ0n) is 8.56. The molecule has 16 heavy (non-hydrogen) atoms. The van der Waals surface area contributed by atoms with Gasteiger partial charge >= 0.3 is 0 Å². The number of nitrogens with one attached hydrogen (secondary N) is 1. The quantitative estimate of drug-likeness (QED) is 0.814. The summed E-state index contributed by atoms with van der Waals surface area (Å²) in [6.45, 7) is 1.72. The van der Waals surface area contributed by atoms with E-state index in [-0.39, 0.29) is 17.6 Å². The number of hydrogen-bond donors (Lipinski definition) is 1. The molecule has 0 radical (unpaired) electrons. The van der Waals surface area contributed by atoms with E-state index in [1.807, 2.05) is 0 Å². The molecule has 5 heteroatoms. The number of aryl methyl sites for hydroxylation is 1. The first kappa shape index (κ1) is 11.7. The first-order valence-corrected chi connectivity index (χ1v) is 5.60. The van der Waals surface area contributed by atoms with E-state index < -0.39 is 4.33 Å². The molecule has 1 amide bonds. The van der Waals surface area contributed by atoms with Gasteiger partial charge in [0.2, 0.25) is 5.91 Å². The minimum Gasteiger partial charge on any atom is -0.326 e. The molecule has 1 N–H and O–H groups in total. The number of carbonyl (C=O) groups excluding carboxylic acids is 1. The second-order valence-corrected chi connectivity index (χ2v) is 5.51. The molecule has 1 unspecified atom stereocenters. The predicted molar refractivity (Wildman–Crippen MR) is 62.3 cm³/mol. The summed E-state index contributed by atoms with van der Waals surface area (Å²) in [6.07, 6.45) is 0.461. The molecule has 2 rings (SSSR count). The van der Waals surface area contributed by atoms with E-state index in [4.69, 9.17) is 23.2 Å². The second-order valence-electron chi connectivity index (χ2n) is 3.97. The highest BCUT2D eigenvalue weighted by Crippen LogP contribution is 2.53. The van der Waals surface area contributed by atoms with Gasteiger partial charge in [0, 0.05) is 5.69 Å².